The molecule has 0 spiro atoms. The SMILES string of the molecule is [B]c1ccc2ncn(C3CC3)c(=O)c2c1F. The van der Waals surface area contributed by atoms with Crippen LogP contribution in [0.1, 0.15) is 18.9 Å². The van der Waals surface area contributed by atoms with E-state index in [1.807, 2.05) is 0 Å². The minimum Gasteiger partial charge on any atom is -0.296 e. The van der Waals surface area contributed by atoms with Crippen molar-refractivity contribution in [3.63, 3.8) is 0 Å². The molecular formula is C11H8BFN2O. The first-order valence-electron chi connectivity index (χ1n) is 5.13. The molecule has 3 nitrogen and oxygen atoms in total. The zero-order chi connectivity index (χ0) is 11.3. The topological polar surface area (TPSA) is 34.9 Å². The van der Waals surface area contributed by atoms with Crippen molar-refractivity contribution in [2.24, 2.45) is 0 Å². The minimum atomic E-state index is -0.662. The molecule has 1 aromatic carbocycles. The van der Waals surface area contributed by atoms with Gasteiger partial charge in [0.15, 0.2) is 0 Å². The van der Waals surface area contributed by atoms with E-state index in [4.69, 9.17) is 7.85 Å². The van der Waals surface area contributed by atoms with Crippen molar-refractivity contribution in [1.82, 2.24) is 9.55 Å². The summed E-state index contributed by atoms with van der Waals surface area (Å²) < 4.78 is 15.2. The summed E-state index contributed by atoms with van der Waals surface area (Å²) in [4.78, 5) is 16.1. The van der Waals surface area contributed by atoms with E-state index in [1.165, 1.54) is 17.0 Å². The number of aromatic nitrogens is 2. The molecule has 1 heterocycles. The van der Waals surface area contributed by atoms with Gasteiger partial charge >= 0.3 is 0 Å². The van der Waals surface area contributed by atoms with Gasteiger partial charge in [-0.1, -0.05) is 11.5 Å². The number of halogens is 1. The van der Waals surface area contributed by atoms with E-state index < -0.39 is 5.82 Å². The van der Waals surface area contributed by atoms with Crippen molar-refractivity contribution < 1.29 is 4.39 Å². The van der Waals surface area contributed by atoms with Crippen LogP contribution in [0.4, 0.5) is 4.39 Å². The molecule has 1 aliphatic rings. The fraction of sp³-hybridized carbons (Fsp3) is 0.273. The minimum absolute atomic E-state index is 0.00519. The van der Waals surface area contributed by atoms with Crippen molar-refractivity contribution in [3.8, 4) is 0 Å². The first kappa shape index (κ1) is 9.57. The first-order chi connectivity index (χ1) is 7.68. The summed E-state index contributed by atoms with van der Waals surface area (Å²) in [5.41, 5.74) is 0.00541. The largest absolute Gasteiger partial charge is 0.296 e. The van der Waals surface area contributed by atoms with E-state index >= 15 is 0 Å². The molecule has 0 N–H and O–H groups in total. The molecule has 1 aliphatic carbocycles. The summed E-state index contributed by atoms with van der Waals surface area (Å²) in [5, 5.41) is -0.00519. The molecule has 2 aromatic rings. The molecule has 3 rings (SSSR count). The van der Waals surface area contributed by atoms with Crippen molar-refractivity contribution in [3.05, 3.63) is 34.6 Å². The maximum absolute atomic E-state index is 13.7. The molecule has 0 bridgehead atoms. The Balaban J connectivity index is 2.41. The lowest BCUT2D eigenvalue weighted by Gasteiger charge is -2.06. The van der Waals surface area contributed by atoms with Crippen LogP contribution in [-0.4, -0.2) is 17.4 Å². The summed E-state index contributed by atoms with van der Waals surface area (Å²) in [6.45, 7) is 0. The zero-order valence-electron chi connectivity index (χ0n) is 8.48. The van der Waals surface area contributed by atoms with Crippen LogP contribution in [0.15, 0.2) is 23.3 Å². The van der Waals surface area contributed by atoms with Crippen LogP contribution in [0.2, 0.25) is 0 Å². The van der Waals surface area contributed by atoms with E-state index in [1.54, 1.807) is 6.07 Å². The second kappa shape index (κ2) is 3.17. The highest BCUT2D eigenvalue weighted by Gasteiger charge is 2.25. The van der Waals surface area contributed by atoms with Gasteiger partial charge in [-0.3, -0.25) is 9.36 Å². The van der Waals surface area contributed by atoms with Gasteiger partial charge in [0, 0.05) is 6.04 Å². The smallest absolute Gasteiger partial charge is 0.264 e. The zero-order valence-corrected chi connectivity index (χ0v) is 8.48. The van der Waals surface area contributed by atoms with Crippen molar-refractivity contribution in [2.45, 2.75) is 18.9 Å². The Labute approximate surface area is 92.3 Å². The summed E-state index contributed by atoms with van der Waals surface area (Å²) in [7, 11) is 5.45. The molecule has 0 aliphatic heterocycles. The molecule has 78 valence electrons. The second-order valence-corrected chi connectivity index (χ2v) is 4.05. The summed E-state index contributed by atoms with van der Waals surface area (Å²) in [6, 6.07) is 3.17. The second-order valence-electron chi connectivity index (χ2n) is 4.05. The Hall–Kier alpha value is -1.65. The maximum Gasteiger partial charge on any atom is 0.264 e. The van der Waals surface area contributed by atoms with Crippen molar-refractivity contribution in [1.29, 1.82) is 0 Å². The van der Waals surface area contributed by atoms with Crippen molar-refractivity contribution >= 4 is 24.2 Å². The Morgan fingerprint density at radius 1 is 1.44 bits per heavy atom. The number of rotatable bonds is 1. The Bertz CT molecular complexity index is 634. The standard InChI is InChI=1S/C11H8BFN2O/c12-7-3-4-8-9(10(7)13)11(16)15(5-14-8)6-1-2-6/h3-6H,1-2H2. The van der Waals surface area contributed by atoms with E-state index in [2.05, 4.69) is 4.98 Å². The van der Waals surface area contributed by atoms with Gasteiger partial charge in [-0.2, -0.15) is 0 Å². The van der Waals surface area contributed by atoms with Crippen LogP contribution in [0, 0.1) is 5.82 Å². The molecule has 0 unspecified atom stereocenters. The number of hydrogen-bond acceptors (Lipinski definition) is 2. The van der Waals surface area contributed by atoms with E-state index in [0.717, 1.165) is 12.8 Å². The fourth-order valence-electron chi connectivity index (χ4n) is 1.81. The summed E-state index contributed by atoms with van der Waals surface area (Å²) in [5.74, 6) is -0.662. The van der Waals surface area contributed by atoms with E-state index in [0.29, 0.717) is 5.52 Å². The average molecular weight is 214 g/mol. The normalized spacial score (nSPS) is 15.6. The van der Waals surface area contributed by atoms with E-state index in [-0.39, 0.29) is 22.5 Å². The Kier molecular flexibility index (Phi) is 1.90. The number of hydrogen-bond donors (Lipinski definition) is 0. The molecule has 1 fully saturated rings. The molecule has 0 atom stereocenters. The molecule has 5 heteroatoms. The van der Waals surface area contributed by atoms with Crippen LogP contribution in [0.3, 0.4) is 0 Å². The summed E-state index contributed by atoms with van der Waals surface area (Å²) >= 11 is 0. The lowest BCUT2D eigenvalue weighted by Crippen LogP contribution is -2.23. The number of benzene rings is 1. The van der Waals surface area contributed by atoms with Crippen LogP contribution >= 0.6 is 0 Å². The third-order valence-corrected chi connectivity index (χ3v) is 2.86. The predicted molar refractivity (Wildman–Crippen MR) is 59.6 cm³/mol. The highest BCUT2D eigenvalue weighted by molar-refractivity contribution is 6.33. The quantitative estimate of drug-likeness (QED) is 0.653. The van der Waals surface area contributed by atoms with Gasteiger partial charge in [0.2, 0.25) is 0 Å². The third-order valence-electron chi connectivity index (χ3n) is 2.86. The van der Waals surface area contributed by atoms with Gasteiger partial charge in [-0.15, -0.1) is 0 Å². The highest BCUT2D eigenvalue weighted by atomic mass is 19.1. The van der Waals surface area contributed by atoms with Crippen molar-refractivity contribution in [2.75, 3.05) is 0 Å². The molecule has 0 saturated heterocycles. The van der Waals surface area contributed by atoms with Crippen LogP contribution in [0.5, 0.6) is 0 Å². The monoisotopic (exact) mass is 214 g/mol. The number of nitrogens with zero attached hydrogens (tertiary/aromatic N) is 2. The molecule has 1 aromatic heterocycles. The lowest BCUT2D eigenvalue weighted by molar-refractivity contribution is 0.638. The van der Waals surface area contributed by atoms with Gasteiger partial charge in [0.05, 0.1) is 11.8 Å². The highest BCUT2D eigenvalue weighted by Crippen LogP contribution is 2.33. The molecule has 1 saturated carbocycles. The molecule has 2 radical (unpaired) electrons. The Morgan fingerprint density at radius 2 is 2.19 bits per heavy atom. The third kappa shape index (κ3) is 1.27. The van der Waals surface area contributed by atoms with Gasteiger partial charge in [-0.05, 0) is 18.9 Å². The lowest BCUT2D eigenvalue weighted by atomic mass is 9.94. The van der Waals surface area contributed by atoms with Crippen LogP contribution in [-0.2, 0) is 0 Å². The van der Waals surface area contributed by atoms with Gasteiger partial charge in [0.25, 0.3) is 5.56 Å². The first-order valence-corrected chi connectivity index (χ1v) is 5.13. The molecular weight excluding hydrogens is 206 g/mol. The molecule has 16 heavy (non-hydrogen) atoms. The summed E-state index contributed by atoms with van der Waals surface area (Å²) in [6.07, 6.45) is 3.39. The molecule has 0 amide bonds. The van der Waals surface area contributed by atoms with Crippen LogP contribution < -0.4 is 11.0 Å². The van der Waals surface area contributed by atoms with E-state index in [9.17, 15) is 9.18 Å². The van der Waals surface area contributed by atoms with Gasteiger partial charge in [0.1, 0.15) is 19.0 Å². The average Bonchev–Trinajstić information content (AvgIpc) is 3.07. The fourth-order valence-corrected chi connectivity index (χ4v) is 1.81. The maximum atomic E-state index is 13.7. The van der Waals surface area contributed by atoms with Crippen LogP contribution in [0.25, 0.3) is 10.9 Å². The predicted octanol–water partition coefficient (Wildman–Crippen LogP) is 0.664. The van der Waals surface area contributed by atoms with Gasteiger partial charge < -0.3 is 0 Å². The number of fused-ring (bicyclic) bond motifs is 1. The Morgan fingerprint density at radius 3 is 2.88 bits per heavy atom. The van der Waals surface area contributed by atoms with Gasteiger partial charge in [-0.25, -0.2) is 9.37 Å².